The fraction of sp³-hybridized carbons (Fsp3) is 0.458. The minimum Gasteiger partial charge on any atom is -0.486 e. The van der Waals surface area contributed by atoms with Crippen LogP contribution < -0.4 is 24.8 Å². The Bertz CT molecular complexity index is 997. The molecule has 1 saturated heterocycles. The highest BCUT2D eigenvalue weighted by Gasteiger charge is 2.31. The highest BCUT2D eigenvalue weighted by Crippen LogP contribution is 2.35. The number of aliphatic hydroxyl groups is 1. The standard InChI is InChI=1S/C24H28F3N3O5/c25-24(26,27)35-19-6-4-18(5-7-19)29-23(32)28-14-17(15-30-9-1-2-10-30)22(31)16-3-8-20-21(13-16)34-12-11-33-20/h3-8,13,17,22,31H,1-2,9-12,14-15H2,(H2,28,29,32)/t17-,22-/m1/s1. The summed E-state index contributed by atoms with van der Waals surface area (Å²) >= 11 is 0. The largest absolute Gasteiger partial charge is 0.573 e. The van der Waals surface area contributed by atoms with E-state index in [9.17, 15) is 23.1 Å². The number of benzene rings is 2. The number of hydrogen-bond donors (Lipinski definition) is 3. The summed E-state index contributed by atoms with van der Waals surface area (Å²) in [5, 5.41) is 16.5. The fourth-order valence-electron chi connectivity index (χ4n) is 4.23. The molecule has 0 bridgehead atoms. The first kappa shape index (κ1) is 24.9. The van der Waals surface area contributed by atoms with Crippen LogP contribution in [0.25, 0.3) is 0 Å². The Morgan fingerprint density at radius 1 is 1.06 bits per heavy atom. The van der Waals surface area contributed by atoms with E-state index < -0.39 is 18.5 Å². The third-order valence-electron chi connectivity index (χ3n) is 5.92. The molecular weight excluding hydrogens is 467 g/mol. The minimum absolute atomic E-state index is 0.188. The highest BCUT2D eigenvalue weighted by molar-refractivity contribution is 5.89. The zero-order valence-electron chi connectivity index (χ0n) is 19.0. The van der Waals surface area contributed by atoms with Crippen LogP contribution in [0.4, 0.5) is 23.7 Å². The molecule has 2 amide bonds. The number of nitrogens with one attached hydrogen (secondary N) is 2. The van der Waals surface area contributed by atoms with Gasteiger partial charge in [0.15, 0.2) is 11.5 Å². The molecule has 3 N–H and O–H groups in total. The molecule has 0 aromatic heterocycles. The molecule has 190 valence electrons. The molecule has 0 unspecified atom stereocenters. The van der Waals surface area contributed by atoms with Gasteiger partial charge in [0.25, 0.3) is 0 Å². The second-order valence-electron chi connectivity index (χ2n) is 8.52. The Balaban J connectivity index is 1.37. The number of aliphatic hydroxyl groups excluding tert-OH is 1. The predicted octanol–water partition coefficient (Wildman–Crippen LogP) is 3.92. The van der Waals surface area contributed by atoms with Gasteiger partial charge < -0.3 is 34.9 Å². The van der Waals surface area contributed by atoms with Crippen LogP contribution in [0, 0.1) is 5.92 Å². The molecule has 0 saturated carbocycles. The van der Waals surface area contributed by atoms with Gasteiger partial charge in [0.2, 0.25) is 0 Å². The maximum absolute atomic E-state index is 12.5. The van der Waals surface area contributed by atoms with E-state index in [-0.39, 0.29) is 18.2 Å². The minimum atomic E-state index is -4.78. The Hall–Kier alpha value is -3.18. The Kier molecular flexibility index (Phi) is 7.86. The summed E-state index contributed by atoms with van der Waals surface area (Å²) in [6, 6.07) is 9.65. The number of rotatable bonds is 8. The molecule has 2 aromatic rings. The quantitative estimate of drug-likeness (QED) is 0.514. The van der Waals surface area contributed by atoms with Crippen LogP contribution in [0.15, 0.2) is 42.5 Å². The van der Waals surface area contributed by atoms with Gasteiger partial charge in [-0.05, 0) is 67.9 Å². The predicted molar refractivity (Wildman–Crippen MR) is 122 cm³/mol. The summed E-state index contributed by atoms with van der Waals surface area (Å²) in [6.07, 6.45) is -3.45. The Morgan fingerprint density at radius 2 is 1.74 bits per heavy atom. The Morgan fingerprint density at radius 3 is 2.43 bits per heavy atom. The Labute approximate surface area is 201 Å². The van der Waals surface area contributed by atoms with Crippen LogP contribution in [0.3, 0.4) is 0 Å². The average Bonchev–Trinajstić information content (AvgIpc) is 3.34. The molecule has 2 atom stereocenters. The molecule has 2 aromatic carbocycles. The van der Waals surface area contributed by atoms with E-state index in [1.54, 1.807) is 18.2 Å². The number of carbonyl (C=O) groups excluding carboxylic acids is 1. The van der Waals surface area contributed by atoms with E-state index in [2.05, 4.69) is 20.3 Å². The van der Waals surface area contributed by atoms with Crippen LogP contribution in [0.1, 0.15) is 24.5 Å². The van der Waals surface area contributed by atoms with Gasteiger partial charge >= 0.3 is 12.4 Å². The highest BCUT2D eigenvalue weighted by atomic mass is 19.4. The van der Waals surface area contributed by atoms with Gasteiger partial charge in [-0.3, -0.25) is 0 Å². The van der Waals surface area contributed by atoms with Crippen molar-refractivity contribution in [2.45, 2.75) is 25.3 Å². The van der Waals surface area contributed by atoms with Crippen molar-refractivity contribution in [3.63, 3.8) is 0 Å². The number of urea groups is 1. The van der Waals surface area contributed by atoms with Crippen molar-refractivity contribution in [2.24, 2.45) is 5.92 Å². The number of nitrogens with zero attached hydrogens (tertiary/aromatic N) is 1. The molecule has 2 aliphatic heterocycles. The fourth-order valence-corrected chi connectivity index (χ4v) is 4.23. The number of amides is 2. The normalized spacial score (nSPS) is 17.5. The van der Waals surface area contributed by atoms with Gasteiger partial charge in [0.05, 0.1) is 6.10 Å². The third-order valence-corrected chi connectivity index (χ3v) is 5.92. The van der Waals surface area contributed by atoms with E-state index in [1.807, 2.05) is 0 Å². The summed E-state index contributed by atoms with van der Waals surface area (Å²) in [5.41, 5.74) is 0.974. The van der Waals surface area contributed by atoms with Crippen LogP contribution in [-0.2, 0) is 0 Å². The van der Waals surface area contributed by atoms with E-state index in [0.717, 1.165) is 38.1 Å². The van der Waals surface area contributed by atoms with Crippen molar-refractivity contribution < 1.29 is 37.3 Å². The van der Waals surface area contributed by atoms with E-state index in [4.69, 9.17) is 9.47 Å². The monoisotopic (exact) mass is 495 g/mol. The van der Waals surface area contributed by atoms with E-state index in [0.29, 0.717) is 42.5 Å². The molecule has 0 aliphatic carbocycles. The van der Waals surface area contributed by atoms with Gasteiger partial charge in [0.1, 0.15) is 19.0 Å². The van der Waals surface area contributed by atoms with E-state index >= 15 is 0 Å². The van der Waals surface area contributed by atoms with Crippen LogP contribution in [-0.4, -0.2) is 61.8 Å². The number of alkyl halides is 3. The molecule has 2 aliphatic rings. The summed E-state index contributed by atoms with van der Waals surface area (Å²) < 4.78 is 51.9. The molecular formula is C24H28F3N3O5. The van der Waals surface area contributed by atoms with E-state index in [1.165, 1.54) is 12.1 Å². The maximum atomic E-state index is 12.5. The molecule has 0 radical (unpaired) electrons. The summed E-state index contributed by atoms with van der Waals surface area (Å²) in [7, 11) is 0. The molecule has 35 heavy (non-hydrogen) atoms. The molecule has 1 fully saturated rings. The summed E-state index contributed by atoms with van der Waals surface area (Å²) in [4.78, 5) is 14.7. The summed E-state index contributed by atoms with van der Waals surface area (Å²) in [5.74, 6) is 0.532. The number of ether oxygens (including phenoxy) is 3. The lowest BCUT2D eigenvalue weighted by molar-refractivity contribution is -0.274. The van der Waals surface area contributed by atoms with Crippen molar-refractivity contribution >= 4 is 11.7 Å². The lowest BCUT2D eigenvalue weighted by Crippen LogP contribution is -2.40. The van der Waals surface area contributed by atoms with Crippen LogP contribution in [0.2, 0.25) is 0 Å². The van der Waals surface area contributed by atoms with Gasteiger partial charge in [0, 0.05) is 24.7 Å². The van der Waals surface area contributed by atoms with Crippen molar-refractivity contribution in [1.82, 2.24) is 10.2 Å². The van der Waals surface area contributed by atoms with Gasteiger partial charge in [-0.15, -0.1) is 13.2 Å². The second kappa shape index (κ2) is 11.0. The summed E-state index contributed by atoms with van der Waals surface area (Å²) in [6.45, 7) is 3.57. The average molecular weight is 495 g/mol. The van der Waals surface area contributed by atoms with Crippen LogP contribution >= 0.6 is 0 Å². The van der Waals surface area contributed by atoms with Crippen molar-refractivity contribution in [2.75, 3.05) is 44.7 Å². The number of carbonyl (C=O) groups is 1. The third kappa shape index (κ3) is 7.15. The zero-order chi connectivity index (χ0) is 24.8. The molecule has 2 heterocycles. The first-order valence-electron chi connectivity index (χ1n) is 11.5. The van der Waals surface area contributed by atoms with Gasteiger partial charge in [-0.1, -0.05) is 6.07 Å². The van der Waals surface area contributed by atoms with Crippen molar-refractivity contribution in [3.05, 3.63) is 48.0 Å². The van der Waals surface area contributed by atoms with Crippen LogP contribution in [0.5, 0.6) is 17.2 Å². The zero-order valence-corrected chi connectivity index (χ0v) is 19.0. The van der Waals surface area contributed by atoms with Crippen molar-refractivity contribution in [1.29, 1.82) is 0 Å². The molecule has 0 spiro atoms. The second-order valence-corrected chi connectivity index (χ2v) is 8.52. The molecule has 8 nitrogen and oxygen atoms in total. The number of fused-ring (bicyclic) bond motifs is 1. The topological polar surface area (TPSA) is 92.3 Å². The number of halogens is 3. The number of anilines is 1. The first-order chi connectivity index (χ1) is 16.8. The van der Waals surface area contributed by atoms with Gasteiger partial charge in [-0.2, -0.15) is 0 Å². The smallest absolute Gasteiger partial charge is 0.486 e. The number of hydrogen-bond acceptors (Lipinski definition) is 6. The molecule has 4 rings (SSSR count). The lowest BCUT2D eigenvalue weighted by atomic mass is 9.94. The van der Waals surface area contributed by atoms with Gasteiger partial charge in [-0.25, -0.2) is 4.79 Å². The lowest BCUT2D eigenvalue weighted by Gasteiger charge is -2.29. The molecule has 11 heteroatoms. The number of likely N-dealkylation sites (tertiary alicyclic amines) is 1. The maximum Gasteiger partial charge on any atom is 0.573 e. The SMILES string of the molecule is O=C(NC[C@H](CN1CCCC1)[C@H](O)c1ccc2c(c1)OCCO2)Nc1ccc(OC(F)(F)F)cc1. The van der Waals surface area contributed by atoms with Crippen molar-refractivity contribution in [3.8, 4) is 17.2 Å². The first-order valence-corrected chi connectivity index (χ1v) is 11.5.